The van der Waals surface area contributed by atoms with Gasteiger partial charge in [0, 0.05) is 0 Å². The summed E-state index contributed by atoms with van der Waals surface area (Å²) in [5, 5.41) is 0.556. The molecule has 3 nitrogen and oxygen atoms in total. The zero-order valence-electron chi connectivity index (χ0n) is 12.7. The first-order valence-corrected chi connectivity index (χ1v) is 10.4. The van der Waals surface area contributed by atoms with Crippen LogP contribution in [0, 0.1) is 0 Å². The van der Waals surface area contributed by atoms with E-state index in [2.05, 4.69) is 0 Å². The van der Waals surface area contributed by atoms with Gasteiger partial charge in [-0.2, -0.15) is 0 Å². The van der Waals surface area contributed by atoms with E-state index in [-0.39, 0.29) is 11.9 Å². The number of benzene rings is 2. The van der Waals surface area contributed by atoms with Crippen LogP contribution in [-0.4, -0.2) is 25.7 Å². The molecule has 2 aromatic carbocycles. The Morgan fingerprint density at radius 1 is 1.09 bits per heavy atom. The summed E-state index contributed by atoms with van der Waals surface area (Å²) >= 11 is -2.08. The van der Waals surface area contributed by atoms with Gasteiger partial charge < -0.3 is 0 Å². The van der Waals surface area contributed by atoms with Crippen LogP contribution < -0.4 is 4.46 Å². The van der Waals surface area contributed by atoms with Crippen molar-refractivity contribution >= 4 is 24.1 Å². The van der Waals surface area contributed by atoms with Crippen molar-refractivity contribution in [3.05, 3.63) is 78.1 Å². The average molecular weight is 373 g/mol. The fourth-order valence-corrected chi connectivity index (χ4v) is 5.10. The minimum atomic E-state index is -2.08. The summed E-state index contributed by atoms with van der Waals surface area (Å²) in [6.45, 7) is 0. The van der Waals surface area contributed by atoms with Gasteiger partial charge in [0.25, 0.3) is 0 Å². The second kappa shape index (κ2) is 7.49. The second-order valence-electron chi connectivity index (χ2n) is 5.44. The predicted molar refractivity (Wildman–Crippen MR) is 90.3 cm³/mol. The molecule has 0 aromatic heterocycles. The molecule has 23 heavy (non-hydrogen) atoms. The molecular formula is C19H18O3Se. The SMILES string of the molecule is O=C(/C=C1/CCC(C[Se](=O)c2ccccc2)O1)c1ccccc1. The molecule has 1 saturated heterocycles. The summed E-state index contributed by atoms with van der Waals surface area (Å²) in [5.74, 6) is 0.662. The van der Waals surface area contributed by atoms with Gasteiger partial charge in [-0.15, -0.1) is 0 Å². The molecule has 118 valence electrons. The third kappa shape index (κ3) is 4.25. The van der Waals surface area contributed by atoms with Gasteiger partial charge in [-0.05, 0) is 0 Å². The van der Waals surface area contributed by atoms with E-state index in [9.17, 15) is 8.63 Å². The summed E-state index contributed by atoms with van der Waals surface area (Å²) in [6, 6.07) is 18.7. The quantitative estimate of drug-likeness (QED) is 0.459. The zero-order valence-corrected chi connectivity index (χ0v) is 14.4. The molecule has 0 aliphatic carbocycles. The van der Waals surface area contributed by atoms with Crippen molar-refractivity contribution in [2.24, 2.45) is 0 Å². The Morgan fingerprint density at radius 2 is 1.74 bits per heavy atom. The monoisotopic (exact) mass is 374 g/mol. The minimum absolute atomic E-state index is 0.0426. The Kier molecular flexibility index (Phi) is 5.16. The van der Waals surface area contributed by atoms with E-state index in [0.29, 0.717) is 16.6 Å². The molecule has 0 amide bonds. The van der Waals surface area contributed by atoms with Crippen LogP contribution in [0.25, 0.3) is 0 Å². The summed E-state index contributed by atoms with van der Waals surface area (Å²) in [7, 11) is 0. The maximum absolute atomic E-state index is 12.4. The van der Waals surface area contributed by atoms with Crippen LogP contribution in [0.1, 0.15) is 23.2 Å². The van der Waals surface area contributed by atoms with Crippen molar-refractivity contribution in [3.63, 3.8) is 0 Å². The molecule has 1 aliphatic rings. The first-order chi connectivity index (χ1) is 11.2. The number of hydrogen-bond donors (Lipinski definition) is 0. The van der Waals surface area contributed by atoms with Crippen molar-refractivity contribution in [1.82, 2.24) is 0 Å². The van der Waals surface area contributed by atoms with Gasteiger partial charge in [0.05, 0.1) is 0 Å². The van der Waals surface area contributed by atoms with Crippen molar-refractivity contribution < 1.29 is 13.4 Å². The Morgan fingerprint density at radius 3 is 2.43 bits per heavy atom. The van der Waals surface area contributed by atoms with Gasteiger partial charge in [0.15, 0.2) is 0 Å². The third-order valence-electron chi connectivity index (χ3n) is 3.72. The summed E-state index contributed by atoms with van der Waals surface area (Å²) in [4.78, 5) is 12.1. The van der Waals surface area contributed by atoms with Crippen LogP contribution >= 0.6 is 0 Å². The first-order valence-electron chi connectivity index (χ1n) is 7.62. The van der Waals surface area contributed by atoms with Crippen molar-refractivity contribution in [2.45, 2.75) is 24.3 Å². The number of carbonyl (C=O) groups is 1. The molecule has 3 rings (SSSR count). The fraction of sp³-hybridized carbons (Fsp3) is 0.211. The molecule has 0 radical (unpaired) electrons. The molecule has 0 saturated carbocycles. The molecule has 0 bridgehead atoms. The fourth-order valence-electron chi connectivity index (χ4n) is 2.53. The van der Waals surface area contributed by atoms with Crippen LogP contribution in [0.2, 0.25) is 5.32 Å². The van der Waals surface area contributed by atoms with E-state index < -0.39 is 13.8 Å². The number of carbonyl (C=O) groups excluding carboxylic acids is 1. The standard InChI is InChI=1S/C19H18O3Se/c20-19(15-7-3-1-4-8-15)13-16-11-12-17(22-16)14-23(21)18-9-5-2-6-10-18/h1-10,13,17H,11-12,14H2/b16-13-. The van der Waals surface area contributed by atoms with Gasteiger partial charge in [0.1, 0.15) is 0 Å². The van der Waals surface area contributed by atoms with Crippen molar-refractivity contribution in [2.75, 3.05) is 0 Å². The Bertz CT molecular complexity index is 723. The van der Waals surface area contributed by atoms with E-state index in [1.807, 2.05) is 48.5 Å². The summed E-state index contributed by atoms with van der Waals surface area (Å²) < 4.78 is 19.1. The average Bonchev–Trinajstić information content (AvgIpc) is 3.03. The number of ketones is 1. The Hall–Kier alpha value is -2.03. The van der Waals surface area contributed by atoms with Crippen LogP contribution in [0.5, 0.6) is 0 Å². The molecule has 2 unspecified atom stereocenters. The normalized spacial score (nSPS) is 20.2. The van der Waals surface area contributed by atoms with E-state index in [0.717, 1.165) is 17.3 Å². The van der Waals surface area contributed by atoms with Gasteiger partial charge in [-0.25, -0.2) is 0 Å². The van der Waals surface area contributed by atoms with E-state index in [4.69, 9.17) is 4.74 Å². The third-order valence-corrected chi connectivity index (χ3v) is 6.81. The molecule has 0 N–H and O–H groups in total. The zero-order chi connectivity index (χ0) is 16.1. The molecule has 2 aromatic rings. The van der Waals surface area contributed by atoms with Crippen molar-refractivity contribution in [1.29, 1.82) is 0 Å². The number of rotatable bonds is 5. The maximum atomic E-state index is 12.4. The van der Waals surface area contributed by atoms with Crippen LogP contribution in [0.3, 0.4) is 0 Å². The van der Waals surface area contributed by atoms with Gasteiger partial charge in [0.2, 0.25) is 0 Å². The van der Waals surface area contributed by atoms with E-state index in [1.54, 1.807) is 18.2 Å². The number of allylic oxidation sites excluding steroid dienone is 2. The Labute approximate surface area is 140 Å². The predicted octanol–water partition coefficient (Wildman–Crippen LogP) is 3.26. The van der Waals surface area contributed by atoms with Gasteiger partial charge in [-0.3, -0.25) is 0 Å². The molecule has 1 fully saturated rings. The summed E-state index contributed by atoms with van der Waals surface area (Å²) in [6.07, 6.45) is 3.07. The van der Waals surface area contributed by atoms with E-state index in [1.165, 1.54) is 0 Å². The summed E-state index contributed by atoms with van der Waals surface area (Å²) in [5.41, 5.74) is 0.659. The van der Waals surface area contributed by atoms with Crippen LogP contribution in [0.4, 0.5) is 0 Å². The number of ether oxygens (including phenoxy) is 1. The van der Waals surface area contributed by atoms with Gasteiger partial charge in [-0.1, -0.05) is 0 Å². The first kappa shape index (κ1) is 15.8. The van der Waals surface area contributed by atoms with E-state index >= 15 is 0 Å². The molecule has 4 heteroatoms. The number of hydrogen-bond acceptors (Lipinski definition) is 3. The van der Waals surface area contributed by atoms with Crippen molar-refractivity contribution in [3.8, 4) is 0 Å². The second-order valence-corrected chi connectivity index (χ2v) is 8.58. The van der Waals surface area contributed by atoms with Crippen LogP contribution in [0.15, 0.2) is 72.5 Å². The molecular weight excluding hydrogens is 355 g/mol. The molecule has 2 atom stereocenters. The molecule has 1 heterocycles. The topological polar surface area (TPSA) is 43.4 Å². The Balaban J connectivity index is 1.59. The van der Waals surface area contributed by atoms with Crippen LogP contribution in [-0.2, 0) is 8.57 Å². The molecule has 1 aliphatic heterocycles. The molecule has 0 spiro atoms. The van der Waals surface area contributed by atoms with Gasteiger partial charge >= 0.3 is 140 Å².